The van der Waals surface area contributed by atoms with Crippen molar-refractivity contribution in [3.8, 4) is 0 Å². The molecule has 0 radical (unpaired) electrons. The van der Waals surface area contributed by atoms with Gasteiger partial charge in [-0.2, -0.15) is 0 Å². The molecule has 0 aliphatic carbocycles. The molecular weight excluding hydrogens is 242 g/mol. The van der Waals surface area contributed by atoms with Crippen LogP contribution in [0.3, 0.4) is 0 Å². The molecule has 1 heterocycles. The van der Waals surface area contributed by atoms with Gasteiger partial charge in [0.05, 0.1) is 5.52 Å². The highest BCUT2D eigenvalue weighted by molar-refractivity contribution is 6.16. The van der Waals surface area contributed by atoms with Crippen molar-refractivity contribution in [2.24, 2.45) is 7.05 Å². The van der Waals surface area contributed by atoms with Crippen LogP contribution in [0.4, 0.5) is 0 Å². The molecule has 0 N–H and O–H groups in total. The van der Waals surface area contributed by atoms with Gasteiger partial charge in [-0.3, -0.25) is 0 Å². The number of para-hydroxylation sites is 1. The molecule has 20 heavy (non-hydrogen) atoms. The molecule has 0 unspecified atom stereocenters. The van der Waals surface area contributed by atoms with Crippen LogP contribution in [-0.2, 0) is 7.05 Å². The first-order chi connectivity index (χ1) is 9.70. The summed E-state index contributed by atoms with van der Waals surface area (Å²) < 4.78 is 2.33. The lowest BCUT2D eigenvalue weighted by molar-refractivity contribution is 1.01. The van der Waals surface area contributed by atoms with Gasteiger partial charge < -0.3 is 4.57 Å². The summed E-state index contributed by atoms with van der Waals surface area (Å²) in [6.45, 7) is 4.49. The number of benzene rings is 3. The lowest BCUT2D eigenvalue weighted by Gasteiger charge is -2.10. The van der Waals surface area contributed by atoms with Crippen LogP contribution in [0.2, 0.25) is 0 Å². The third-order valence-electron chi connectivity index (χ3n) is 4.57. The van der Waals surface area contributed by atoms with E-state index in [9.17, 15) is 0 Å². The van der Waals surface area contributed by atoms with E-state index in [4.69, 9.17) is 0 Å². The van der Waals surface area contributed by atoms with Gasteiger partial charge >= 0.3 is 0 Å². The maximum Gasteiger partial charge on any atom is 0.0527 e. The highest BCUT2D eigenvalue weighted by Crippen LogP contribution is 2.37. The summed E-state index contributed by atoms with van der Waals surface area (Å²) in [6, 6.07) is 17.4. The lowest BCUT2D eigenvalue weighted by Crippen LogP contribution is -1.92. The van der Waals surface area contributed by atoms with E-state index in [1.54, 1.807) is 0 Å². The Bertz CT molecular complexity index is 973. The fourth-order valence-electron chi connectivity index (χ4n) is 3.61. The summed E-state index contributed by atoms with van der Waals surface area (Å²) in [5.41, 5.74) is 5.43. The quantitative estimate of drug-likeness (QED) is 0.414. The second-order valence-corrected chi connectivity index (χ2v) is 5.60. The van der Waals surface area contributed by atoms with E-state index < -0.39 is 0 Å². The first kappa shape index (κ1) is 11.5. The maximum absolute atomic E-state index is 2.33. The van der Waals surface area contributed by atoms with E-state index >= 15 is 0 Å². The van der Waals surface area contributed by atoms with Crippen LogP contribution in [0.1, 0.15) is 11.1 Å². The standard InChI is InChI=1S/C19H17N/c1-12-14-8-4-5-9-15(14)13(2)19-18(12)16-10-6-7-11-17(16)20(19)3/h4-11H,1-3H3. The molecular formula is C19H17N. The summed E-state index contributed by atoms with van der Waals surface area (Å²) >= 11 is 0. The zero-order chi connectivity index (χ0) is 13.9. The van der Waals surface area contributed by atoms with Gasteiger partial charge in [-0.15, -0.1) is 0 Å². The molecule has 0 amide bonds. The molecule has 0 saturated heterocycles. The van der Waals surface area contributed by atoms with Crippen LogP contribution in [0, 0.1) is 13.8 Å². The second kappa shape index (κ2) is 3.86. The number of aryl methyl sites for hydroxylation is 3. The highest BCUT2D eigenvalue weighted by atomic mass is 14.9. The van der Waals surface area contributed by atoms with Gasteiger partial charge in [0, 0.05) is 23.3 Å². The number of rotatable bonds is 0. The van der Waals surface area contributed by atoms with Gasteiger partial charge in [-0.25, -0.2) is 0 Å². The van der Waals surface area contributed by atoms with Gasteiger partial charge in [0.2, 0.25) is 0 Å². The van der Waals surface area contributed by atoms with E-state index in [2.05, 4.69) is 74.0 Å². The minimum atomic E-state index is 1.31. The number of nitrogens with zero attached hydrogens (tertiary/aromatic N) is 1. The van der Waals surface area contributed by atoms with E-state index in [1.165, 1.54) is 43.7 Å². The third kappa shape index (κ3) is 1.27. The van der Waals surface area contributed by atoms with Crippen molar-refractivity contribution in [3.05, 3.63) is 59.7 Å². The van der Waals surface area contributed by atoms with Crippen molar-refractivity contribution in [2.45, 2.75) is 13.8 Å². The van der Waals surface area contributed by atoms with Gasteiger partial charge in [0.1, 0.15) is 0 Å². The lowest BCUT2D eigenvalue weighted by atomic mass is 9.96. The predicted molar refractivity (Wildman–Crippen MR) is 87.4 cm³/mol. The first-order valence-electron chi connectivity index (χ1n) is 7.05. The van der Waals surface area contributed by atoms with Crippen molar-refractivity contribution >= 4 is 32.6 Å². The summed E-state index contributed by atoms with van der Waals surface area (Å²) in [4.78, 5) is 0. The number of aromatic nitrogens is 1. The van der Waals surface area contributed by atoms with E-state index in [1.807, 2.05) is 0 Å². The molecule has 0 aliphatic rings. The van der Waals surface area contributed by atoms with Crippen molar-refractivity contribution < 1.29 is 0 Å². The van der Waals surface area contributed by atoms with Crippen LogP contribution >= 0.6 is 0 Å². The SMILES string of the molecule is Cc1c2ccccc2c(C)c2c1c1ccccc1n2C. The topological polar surface area (TPSA) is 4.93 Å². The van der Waals surface area contributed by atoms with E-state index in [0.717, 1.165) is 0 Å². The Hall–Kier alpha value is -2.28. The van der Waals surface area contributed by atoms with Gasteiger partial charge in [-0.05, 0) is 41.8 Å². The fraction of sp³-hybridized carbons (Fsp3) is 0.158. The Kier molecular flexibility index (Phi) is 2.23. The monoisotopic (exact) mass is 259 g/mol. The number of fused-ring (bicyclic) bond motifs is 4. The molecule has 1 heteroatoms. The molecule has 0 aliphatic heterocycles. The minimum Gasteiger partial charge on any atom is -0.343 e. The van der Waals surface area contributed by atoms with Crippen LogP contribution in [0.15, 0.2) is 48.5 Å². The summed E-state index contributed by atoms with van der Waals surface area (Å²) in [5, 5.41) is 5.49. The zero-order valence-electron chi connectivity index (χ0n) is 12.1. The Morgan fingerprint density at radius 3 is 1.95 bits per heavy atom. The van der Waals surface area contributed by atoms with Crippen LogP contribution < -0.4 is 0 Å². The third-order valence-corrected chi connectivity index (χ3v) is 4.57. The molecule has 4 rings (SSSR count). The Morgan fingerprint density at radius 1 is 0.700 bits per heavy atom. The molecule has 98 valence electrons. The minimum absolute atomic E-state index is 1.31. The molecule has 0 bridgehead atoms. The average molecular weight is 259 g/mol. The van der Waals surface area contributed by atoms with Crippen LogP contribution in [0.25, 0.3) is 32.6 Å². The molecule has 1 aromatic heterocycles. The molecule has 4 aromatic rings. The maximum atomic E-state index is 2.33. The van der Waals surface area contributed by atoms with Gasteiger partial charge in [-0.1, -0.05) is 42.5 Å². The Labute approximate surface area is 118 Å². The second-order valence-electron chi connectivity index (χ2n) is 5.60. The van der Waals surface area contributed by atoms with E-state index in [-0.39, 0.29) is 0 Å². The summed E-state index contributed by atoms with van der Waals surface area (Å²) in [5.74, 6) is 0. The highest BCUT2D eigenvalue weighted by Gasteiger charge is 2.15. The van der Waals surface area contributed by atoms with E-state index in [0.29, 0.717) is 0 Å². The predicted octanol–water partition coefficient (Wildman–Crippen LogP) is 5.10. The molecule has 0 fully saturated rings. The molecule has 0 spiro atoms. The molecule has 0 saturated carbocycles. The van der Waals surface area contributed by atoms with Crippen molar-refractivity contribution in [3.63, 3.8) is 0 Å². The summed E-state index contributed by atoms with van der Waals surface area (Å²) in [7, 11) is 2.17. The van der Waals surface area contributed by atoms with Crippen molar-refractivity contribution in [1.29, 1.82) is 0 Å². The fourth-order valence-corrected chi connectivity index (χ4v) is 3.61. The van der Waals surface area contributed by atoms with Crippen LogP contribution in [-0.4, -0.2) is 4.57 Å². The van der Waals surface area contributed by atoms with Crippen LogP contribution in [0.5, 0.6) is 0 Å². The van der Waals surface area contributed by atoms with Gasteiger partial charge in [0.15, 0.2) is 0 Å². The molecule has 3 aromatic carbocycles. The first-order valence-corrected chi connectivity index (χ1v) is 7.05. The smallest absolute Gasteiger partial charge is 0.0527 e. The average Bonchev–Trinajstić information content (AvgIpc) is 2.79. The Balaban J connectivity index is 2.44. The van der Waals surface area contributed by atoms with Crippen molar-refractivity contribution in [1.82, 2.24) is 4.57 Å². The Morgan fingerprint density at radius 2 is 1.25 bits per heavy atom. The number of hydrogen-bond donors (Lipinski definition) is 0. The number of hydrogen-bond acceptors (Lipinski definition) is 0. The molecule has 0 atom stereocenters. The summed E-state index contributed by atoms with van der Waals surface area (Å²) in [6.07, 6.45) is 0. The normalized spacial score (nSPS) is 11.8. The largest absolute Gasteiger partial charge is 0.343 e. The molecule has 1 nitrogen and oxygen atoms in total. The van der Waals surface area contributed by atoms with Gasteiger partial charge in [0.25, 0.3) is 0 Å². The van der Waals surface area contributed by atoms with Crippen molar-refractivity contribution in [2.75, 3.05) is 0 Å². The zero-order valence-corrected chi connectivity index (χ0v) is 12.1.